The molecule has 1 saturated carbocycles. The van der Waals surface area contributed by atoms with E-state index < -0.39 is 53.0 Å². The lowest BCUT2D eigenvalue weighted by Crippen LogP contribution is -2.59. The van der Waals surface area contributed by atoms with Gasteiger partial charge in [0.05, 0.1) is 34.6 Å². The van der Waals surface area contributed by atoms with Gasteiger partial charge in [-0.2, -0.15) is 0 Å². The van der Waals surface area contributed by atoms with Gasteiger partial charge < -0.3 is 31.7 Å². The number of alkyl halides is 1. The Balaban J connectivity index is 1.41. The van der Waals surface area contributed by atoms with Crippen molar-refractivity contribution >= 4 is 35.0 Å². The monoisotopic (exact) mass is 742 g/mol. The molecule has 0 radical (unpaired) electrons. The Morgan fingerprint density at radius 1 is 1.00 bits per heavy atom. The standard InChI is InChI=1S/C39H59FN6O5S/c1-26-33(52-25-43-26)28-16-14-27(15-17-28)30(23-32(48)42-21-13-11-9-7-5-6-8-10-12-20-41)44-35(49)31-22-29(47)24-46(31)36(50)34(38(2,3)4)45-37(51)39(40)18-19-39/h14-17,25,29-31,34,47H,5-13,18-24,41H2,1-4H3,(H,42,48)(H,44,49)(H,45,51)/t29-,30+,31+,34-/m1/s1. The van der Waals surface area contributed by atoms with E-state index in [9.17, 15) is 28.7 Å². The van der Waals surface area contributed by atoms with Crippen LogP contribution in [-0.2, 0) is 19.2 Å². The molecule has 0 bridgehead atoms. The van der Waals surface area contributed by atoms with Gasteiger partial charge in [-0.3, -0.25) is 19.2 Å². The highest BCUT2D eigenvalue weighted by molar-refractivity contribution is 7.13. The number of amides is 4. The van der Waals surface area contributed by atoms with Crippen molar-refractivity contribution in [3.63, 3.8) is 0 Å². The summed E-state index contributed by atoms with van der Waals surface area (Å²) < 4.78 is 14.6. The van der Waals surface area contributed by atoms with E-state index >= 15 is 0 Å². The molecule has 2 aliphatic rings. The third-order valence-corrected chi connectivity index (χ3v) is 11.1. The summed E-state index contributed by atoms with van der Waals surface area (Å²) in [6.07, 6.45) is 9.36. The highest BCUT2D eigenvalue weighted by Gasteiger charge is 2.53. The number of nitrogens with zero attached hydrogens (tertiary/aromatic N) is 2. The zero-order valence-corrected chi connectivity index (χ0v) is 32.2. The van der Waals surface area contributed by atoms with E-state index in [4.69, 9.17) is 5.73 Å². The maximum absolute atomic E-state index is 14.6. The second-order valence-electron chi connectivity index (χ2n) is 15.6. The molecule has 11 nitrogen and oxygen atoms in total. The first-order valence-corrected chi connectivity index (χ1v) is 19.9. The van der Waals surface area contributed by atoms with Crippen LogP contribution < -0.4 is 21.7 Å². The molecule has 1 aliphatic heterocycles. The number of nitrogens with one attached hydrogen (secondary N) is 3. The first-order valence-electron chi connectivity index (χ1n) is 19.0. The van der Waals surface area contributed by atoms with Crippen molar-refractivity contribution < 1.29 is 28.7 Å². The zero-order valence-electron chi connectivity index (χ0n) is 31.3. The minimum Gasteiger partial charge on any atom is -0.391 e. The Kier molecular flexibility index (Phi) is 15.2. The fourth-order valence-corrected chi connectivity index (χ4v) is 7.49. The summed E-state index contributed by atoms with van der Waals surface area (Å²) in [7, 11) is 0. The van der Waals surface area contributed by atoms with Gasteiger partial charge in [-0.25, -0.2) is 9.37 Å². The van der Waals surface area contributed by atoms with Crippen LogP contribution in [0.2, 0.25) is 0 Å². The summed E-state index contributed by atoms with van der Waals surface area (Å²) in [6, 6.07) is 4.77. The van der Waals surface area contributed by atoms with Crippen LogP contribution >= 0.6 is 11.3 Å². The minimum absolute atomic E-state index is 0.00829. The van der Waals surface area contributed by atoms with Gasteiger partial charge in [-0.05, 0) is 55.7 Å². The number of aromatic nitrogens is 1. The van der Waals surface area contributed by atoms with E-state index in [1.807, 2.05) is 31.2 Å². The number of likely N-dealkylation sites (tertiary alicyclic amines) is 1. The summed E-state index contributed by atoms with van der Waals surface area (Å²) in [5.74, 6) is -2.12. The van der Waals surface area contributed by atoms with Crippen molar-refractivity contribution in [3.8, 4) is 10.4 Å². The maximum Gasteiger partial charge on any atom is 0.258 e. The highest BCUT2D eigenvalue weighted by atomic mass is 32.1. The van der Waals surface area contributed by atoms with E-state index in [0.29, 0.717) is 6.54 Å². The van der Waals surface area contributed by atoms with Gasteiger partial charge in [-0.1, -0.05) is 90.0 Å². The summed E-state index contributed by atoms with van der Waals surface area (Å²) in [6.45, 7) is 8.40. The second kappa shape index (κ2) is 19.1. The third kappa shape index (κ3) is 11.8. The highest BCUT2D eigenvalue weighted by Crippen LogP contribution is 2.40. The Bertz CT molecular complexity index is 1490. The molecule has 13 heteroatoms. The fourth-order valence-electron chi connectivity index (χ4n) is 6.68. The number of hydrogen-bond donors (Lipinski definition) is 5. The summed E-state index contributed by atoms with van der Waals surface area (Å²) in [5.41, 5.74) is 7.18. The van der Waals surface area contributed by atoms with E-state index in [1.165, 1.54) is 48.3 Å². The predicted octanol–water partition coefficient (Wildman–Crippen LogP) is 5.25. The van der Waals surface area contributed by atoms with Crippen LogP contribution in [0.25, 0.3) is 10.4 Å². The smallest absolute Gasteiger partial charge is 0.258 e. The molecule has 6 N–H and O–H groups in total. The summed E-state index contributed by atoms with van der Waals surface area (Å²) >= 11 is 1.53. The van der Waals surface area contributed by atoms with E-state index in [0.717, 1.165) is 53.9 Å². The van der Waals surface area contributed by atoms with Crippen LogP contribution in [0, 0.1) is 12.3 Å². The SMILES string of the molecule is Cc1ncsc1-c1ccc([C@H](CC(=O)NCCCCCCCCCCCN)NC(=O)[C@@H]2C[C@@H](O)CN2C(=O)[C@@H](NC(=O)C2(F)CC2)C(C)(C)C)cc1. The number of halogens is 1. The molecule has 4 atom stereocenters. The molecule has 1 aliphatic carbocycles. The van der Waals surface area contributed by atoms with Crippen LogP contribution in [0.1, 0.15) is 122 Å². The van der Waals surface area contributed by atoms with E-state index in [2.05, 4.69) is 20.9 Å². The van der Waals surface area contributed by atoms with Crippen molar-refractivity contribution in [2.75, 3.05) is 19.6 Å². The van der Waals surface area contributed by atoms with Crippen molar-refractivity contribution in [2.24, 2.45) is 11.1 Å². The van der Waals surface area contributed by atoms with Gasteiger partial charge in [0.15, 0.2) is 5.67 Å². The molecule has 288 valence electrons. The number of β-amino-alcohol motifs (C(OH)–C–C–N with tert-alkyl or cyclic N) is 1. The molecule has 1 saturated heterocycles. The third-order valence-electron chi connectivity index (χ3n) is 10.1. The van der Waals surface area contributed by atoms with Crippen LogP contribution in [-0.4, -0.2) is 82.1 Å². The van der Waals surface area contributed by atoms with Gasteiger partial charge >= 0.3 is 0 Å². The van der Waals surface area contributed by atoms with Gasteiger partial charge in [-0.15, -0.1) is 11.3 Å². The number of aryl methyl sites for hydroxylation is 1. The summed E-state index contributed by atoms with van der Waals surface area (Å²) in [4.78, 5) is 60.5. The predicted molar refractivity (Wildman–Crippen MR) is 202 cm³/mol. The molecular weight excluding hydrogens is 684 g/mol. The normalized spacial score (nSPS) is 19.2. The molecule has 2 heterocycles. The topological polar surface area (TPSA) is 167 Å². The maximum atomic E-state index is 14.6. The van der Waals surface area contributed by atoms with Gasteiger partial charge in [0.25, 0.3) is 5.91 Å². The Labute approximate surface area is 312 Å². The number of aliphatic hydroxyl groups excluding tert-OH is 1. The number of carbonyl (C=O) groups excluding carboxylic acids is 4. The molecule has 4 amide bonds. The number of hydrogen-bond acceptors (Lipinski definition) is 8. The average molecular weight is 743 g/mol. The Morgan fingerprint density at radius 3 is 2.17 bits per heavy atom. The molecule has 0 spiro atoms. The second-order valence-corrected chi connectivity index (χ2v) is 16.5. The van der Waals surface area contributed by atoms with Gasteiger partial charge in [0.1, 0.15) is 12.1 Å². The van der Waals surface area contributed by atoms with Gasteiger partial charge in [0, 0.05) is 19.5 Å². The molecule has 52 heavy (non-hydrogen) atoms. The Morgan fingerprint density at radius 2 is 1.62 bits per heavy atom. The molecule has 0 unspecified atom stereocenters. The fraction of sp³-hybridized carbons (Fsp3) is 0.667. The molecule has 2 fully saturated rings. The lowest BCUT2D eigenvalue weighted by Gasteiger charge is -2.36. The molecule has 1 aromatic heterocycles. The first kappa shape index (κ1) is 41.3. The molecule has 4 rings (SSSR count). The number of benzene rings is 1. The minimum atomic E-state index is -1.97. The first-order chi connectivity index (χ1) is 24.7. The van der Waals surface area contributed by atoms with E-state index in [-0.39, 0.29) is 38.1 Å². The number of nitrogens with two attached hydrogens (primary N) is 1. The van der Waals surface area contributed by atoms with Crippen LogP contribution in [0.5, 0.6) is 0 Å². The van der Waals surface area contributed by atoms with Crippen molar-refractivity contribution in [1.29, 1.82) is 0 Å². The quantitative estimate of drug-likeness (QED) is 0.116. The molecule has 1 aromatic carbocycles. The average Bonchev–Trinajstić information content (AvgIpc) is 3.51. The van der Waals surface area contributed by atoms with Gasteiger partial charge in [0.2, 0.25) is 17.7 Å². The van der Waals surface area contributed by atoms with Crippen molar-refractivity contribution in [2.45, 2.75) is 141 Å². The lowest BCUT2D eigenvalue weighted by atomic mass is 9.85. The number of aliphatic hydroxyl groups is 1. The molecular formula is C39H59FN6O5S. The number of thiazole rings is 1. The largest absolute Gasteiger partial charge is 0.391 e. The zero-order chi connectivity index (χ0) is 37.9. The van der Waals surface area contributed by atoms with Crippen LogP contribution in [0.4, 0.5) is 4.39 Å². The number of rotatable bonds is 20. The molecule has 2 aromatic rings. The number of carbonyl (C=O) groups is 4. The van der Waals surface area contributed by atoms with E-state index in [1.54, 1.807) is 26.3 Å². The van der Waals surface area contributed by atoms with Crippen LogP contribution in [0.3, 0.4) is 0 Å². The number of unbranched alkanes of at least 4 members (excludes halogenated alkanes) is 8. The summed E-state index contributed by atoms with van der Waals surface area (Å²) in [5, 5.41) is 19.3. The van der Waals surface area contributed by atoms with Crippen molar-refractivity contribution in [3.05, 3.63) is 41.0 Å². The Hall–Kier alpha value is -3.42. The van der Waals surface area contributed by atoms with Crippen LogP contribution in [0.15, 0.2) is 29.8 Å². The van der Waals surface area contributed by atoms with Crippen molar-refractivity contribution in [1.82, 2.24) is 25.8 Å². The lowest BCUT2D eigenvalue weighted by molar-refractivity contribution is -0.145.